The zero-order valence-corrected chi connectivity index (χ0v) is 8.94. The summed E-state index contributed by atoms with van der Waals surface area (Å²) < 4.78 is 3.28. The smallest absolute Gasteiger partial charge is 0.138 e. The van der Waals surface area contributed by atoms with Crippen LogP contribution in [0.3, 0.4) is 0 Å². The molecule has 1 aromatic heterocycles. The van der Waals surface area contributed by atoms with Crippen LogP contribution in [0, 0.1) is 0 Å². The van der Waals surface area contributed by atoms with Crippen molar-refractivity contribution >= 4 is 33.7 Å². The summed E-state index contributed by atoms with van der Waals surface area (Å²) >= 11 is 5.22. The molecule has 4 heteroatoms. The van der Waals surface area contributed by atoms with Crippen LogP contribution in [0.2, 0.25) is 0 Å². The normalized spacial score (nSPS) is 16.9. The molecule has 2 heterocycles. The van der Waals surface area contributed by atoms with Crippen molar-refractivity contribution in [2.45, 2.75) is 6.42 Å². The van der Waals surface area contributed by atoms with Gasteiger partial charge in [0.2, 0.25) is 0 Å². The molecule has 0 spiro atoms. The summed E-state index contributed by atoms with van der Waals surface area (Å²) in [6.07, 6.45) is 3.11. The van der Waals surface area contributed by atoms with Crippen molar-refractivity contribution < 1.29 is 0 Å². The standard InChI is InChI=1S/C8H9BrN2S/c9-7-2-3-8(10-6-7)11-4-1-5-12-11/h2-3,6H,1,4-5H2. The molecule has 1 aliphatic heterocycles. The summed E-state index contributed by atoms with van der Waals surface area (Å²) in [6, 6.07) is 4.07. The molecule has 64 valence electrons. The van der Waals surface area contributed by atoms with Crippen LogP contribution in [0.5, 0.6) is 0 Å². The molecule has 0 radical (unpaired) electrons. The molecule has 0 atom stereocenters. The predicted octanol–water partition coefficient (Wildman–Crippen LogP) is 2.70. The van der Waals surface area contributed by atoms with Gasteiger partial charge in [-0.2, -0.15) is 0 Å². The minimum atomic E-state index is 1.04. The zero-order chi connectivity index (χ0) is 8.39. The molecule has 0 N–H and O–H groups in total. The van der Waals surface area contributed by atoms with Crippen LogP contribution in [-0.4, -0.2) is 17.3 Å². The molecule has 1 aromatic rings. The van der Waals surface area contributed by atoms with E-state index in [1.54, 1.807) is 0 Å². The second-order valence-corrected chi connectivity index (χ2v) is 4.65. The van der Waals surface area contributed by atoms with Crippen LogP contribution in [-0.2, 0) is 0 Å². The first-order chi connectivity index (χ1) is 5.86. The van der Waals surface area contributed by atoms with Gasteiger partial charge in [-0.3, -0.25) is 0 Å². The van der Waals surface area contributed by atoms with Crippen molar-refractivity contribution in [3.63, 3.8) is 0 Å². The first kappa shape index (κ1) is 8.38. The molecule has 2 nitrogen and oxygen atoms in total. The van der Waals surface area contributed by atoms with Gasteiger partial charge in [-0.15, -0.1) is 0 Å². The number of nitrogens with zero attached hydrogens (tertiary/aromatic N) is 2. The second kappa shape index (κ2) is 3.66. The van der Waals surface area contributed by atoms with Crippen molar-refractivity contribution in [3.8, 4) is 0 Å². The van der Waals surface area contributed by atoms with Gasteiger partial charge in [0.1, 0.15) is 5.82 Å². The Morgan fingerprint density at radius 1 is 1.50 bits per heavy atom. The minimum Gasteiger partial charge on any atom is -0.301 e. The van der Waals surface area contributed by atoms with E-state index in [0.717, 1.165) is 16.8 Å². The molecule has 0 bridgehead atoms. The SMILES string of the molecule is Brc1ccc(N2CCCS2)nc1. The summed E-state index contributed by atoms with van der Waals surface area (Å²) in [5, 5.41) is 0. The van der Waals surface area contributed by atoms with Crippen LogP contribution in [0.15, 0.2) is 22.8 Å². The largest absolute Gasteiger partial charge is 0.301 e. The molecule has 0 aromatic carbocycles. The molecular weight excluding hydrogens is 236 g/mol. The number of pyridine rings is 1. The molecule has 1 aliphatic rings. The van der Waals surface area contributed by atoms with E-state index >= 15 is 0 Å². The maximum absolute atomic E-state index is 4.32. The highest BCUT2D eigenvalue weighted by Crippen LogP contribution is 2.26. The topological polar surface area (TPSA) is 16.1 Å². The van der Waals surface area contributed by atoms with E-state index < -0.39 is 0 Å². The molecule has 0 amide bonds. The Kier molecular flexibility index (Phi) is 2.56. The highest BCUT2D eigenvalue weighted by atomic mass is 79.9. The van der Waals surface area contributed by atoms with Gasteiger partial charge in [-0.25, -0.2) is 4.98 Å². The van der Waals surface area contributed by atoms with Crippen LogP contribution < -0.4 is 4.31 Å². The lowest BCUT2D eigenvalue weighted by molar-refractivity contribution is 0.973. The van der Waals surface area contributed by atoms with Gasteiger partial charge in [0, 0.05) is 23.0 Å². The molecule has 12 heavy (non-hydrogen) atoms. The Morgan fingerprint density at radius 2 is 2.42 bits per heavy atom. The maximum atomic E-state index is 4.32. The van der Waals surface area contributed by atoms with E-state index in [-0.39, 0.29) is 0 Å². The van der Waals surface area contributed by atoms with E-state index in [0.29, 0.717) is 0 Å². The number of hydrogen-bond acceptors (Lipinski definition) is 3. The van der Waals surface area contributed by atoms with E-state index in [4.69, 9.17) is 0 Å². The zero-order valence-electron chi connectivity index (χ0n) is 6.53. The first-order valence-corrected chi connectivity index (χ1v) is 5.62. The Balaban J connectivity index is 2.17. The van der Waals surface area contributed by atoms with Crippen molar-refractivity contribution in [2.75, 3.05) is 16.6 Å². The lowest BCUT2D eigenvalue weighted by Crippen LogP contribution is -2.09. The molecule has 0 saturated carbocycles. The fraction of sp³-hybridized carbons (Fsp3) is 0.375. The number of aromatic nitrogens is 1. The van der Waals surface area contributed by atoms with Crippen molar-refractivity contribution in [3.05, 3.63) is 22.8 Å². The Bertz CT molecular complexity index is 256. The van der Waals surface area contributed by atoms with Gasteiger partial charge in [0.15, 0.2) is 0 Å². The number of rotatable bonds is 1. The second-order valence-electron chi connectivity index (χ2n) is 2.62. The molecule has 1 fully saturated rings. The third-order valence-electron chi connectivity index (χ3n) is 1.72. The van der Waals surface area contributed by atoms with Crippen molar-refractivity contribution in [2.24, 2.45) is 0 Å². The first-order valence-electron chi connectivity index (χ1n) is 3.88. The molecular formula is C8H9BrN2S. The fourth-order valence-electron chi connectivity index (χ4n) is 1.14. The number of anilines is 1. The Morgan fingerprint density at radius 3 is 3.00 bits per heavy atom. The monoisotopic (exact) mass is 244 g/mol. The lowest BCUT2D eigenvalue weighted by atomic mass is 10.4. The molecule has 0 unspecified atom stereocenters. The fourth-order valence-corrected chi connectivity index (χ4v) is 2.36. The van der Waals surface area contributed by atoms with E-state index in [1.165, 1.54) is 12.2 Å². The Labute approximate surface area is 84.6 Å². The van der Waals surface area contributed by atoms with Crippen LogP contribution in [0.1, 0.15) is 6.42 Å². The van der Waals surface area contributed by atoms with E-state index in [2.05, 4.69) is 25.2 Å². The summed E-state index contributed by atoms with van der Waals surface area (Å²) in [7, 11) is 0. The van der Waals surface area contributed by atoms with Gasteiger partial charge in [-0.05, 0) is 46.4 Å². The molecule has 0 aliphatic carbocycles. The van der Waals surface area contributed by atoms with Gasteiger partial charge >= 0.3 is 0 Å². The summed E-state index contributed by atoms with van der Waals surface area (Å²) in [4.78, 5) is 4.32. The highest BCUT2D eigenvalue weighted by Gasteiger charge is 2.13. The summed E-state index contributed by atoms with van der Waals surface area (Å²) in [5.74, 6) is 2.29. The Hall–Kier alpha value is -0.220. The van der Waals surface area contributed by atoms with Crippen LogP contribution in [0.4, 0.5) is 5.82 Å². The third kappa shape index (κ3) is 1.75. The predicted molar refractivity (Wildman–Crippen MR) is 56.4 cm³/mol. The van der Waals surface area contributed by atoms with Gasteiger partial charge in [0.25, 0.3) is 0 Å². The highest BCUT2D eigenvalue weighted by molar-refractivity contribution is 9.10. The number of halogens is 1. The summed E-state index contributed by atoms with van der Waals surface area (Å²) in [6.45, 7) is 1.12. The summed E-state index contributed by atoms with van der Waals surface area (Å²) in [5.41, 5.74) is 0. The van der Waals surface area contributed by atoms with E-state index in [1.807, 2.05) is 30.3 Å². The third-order valence-corrected chi connectivity index (χ3v) is 3.34. The maximum Gasteiger partial charge on any atom is 0.138 e. The van der Waals surface area contributed by atoms with Gasteiger partial charge in [0.05, 0.1) is 0 Å². The average molecular weight is 245 g/mol. The van der Waals surface area contributed by atoms with Crippen LogP contribution in [0.25, 0.3) is 0 Å². The van der Waals surface area contributed by atoms with Crippen molar-refractivity contribution in [1.82, 2.24) is 4.98 Å². The number of hydrogen-bond donors (Lipinski definition) is 0. The van der Waals surface area contributed by atoms with Gasteiger partial charge in [-0.1, -0.05) is 0 Å². The quantitative estimate of drug-likeness (QED) is 0.707. The lowest BCUT2D eigenvalue weighted by Gasteiger charge is -2.13. The van der Waals surface area contributed by atoms with Crippen LogP contribution >= 0.6 is 27.9 Å². The van der Waals surface area contributed by atoms with E-state index in [9.17, 15) is 0 Å². The molecule has 2 rings (SSSR count). The minimum absolute atomic E-state index is 1.04. The van der Waals surface area contributed by atoms with Gasteiger partial charge < -0.3 is 4.31 Å². The van der Waals surface area contributed by atoms with Crippen molar-refractivity contribution in [1.29, 1.82) is 0 Å². The average Bonchev–Trinajstić information content (AvgIpc) is 2.58. The molecule has 1 saturated heterocycles.